The molecule has 3 nitrogen and oxygen atoms in total. The van der Waals surface area contributed by atoms with Gasteiger partial charge < -0.3 is 14.8 Å². The lowest BCUT2D eigenvalue weighted by molar-refractivity contribution is -0.109. The van der Waals surface area contributed by atoms with Crippen molar-refractivity contribution in [3.63, 3.8) is 0 Å². The van der Waals surface area contributed by atoms with E-state index in [0.29, 0.717) is 6.61 Å². The minimum atomic E-state index is -0.0224. The Kier molecular flexibility index (Phi) is 6.51. The zero-order chi connectivity index (χ0) is 12.5. The van der Waals surface area contributed by atoms with Gasteiger partial charge in [-0.3, -0.25) is 0 Å². The minimum absolute atomic E-state index is 0.0224. The molecule has 17 heavy (non-hydrogen) atoms. The summed E-state index contributed by atoms with van der Waals surface area (Å²) in [6.45, 7) is 5.40. The van der Waals surface area contributed by atoms with Crippen LogP contribution < -0.4 is 5.32 Å². The first kappa shape index (κ1) is 13.9. The molecule has 0 unspecified atom stereocenters. The third kappa shape index (κ3) is 4.67. The molecule has 0 spiro atoms. The molecule has 94 valence electrons. The molecule has 2 rings (SSSR count). The molecule has 1 aliphatic heterocycles. The highest BCUT2D eigenvalue weighted by molar-refractivity contribution is 5.58. The van der Waals surface area contributed by atoms with E-state index < -0.39 is 0 Å². The van der Waals surface area contributed by atoms with Gasteiger partial charge in [-0.2, -0.15) is 0 Å². The van der Waals surface area contributed by atoms with Gasteiger partial charge in [0.2, 0.25) is 0 Å². The van der Waals surface area contributed by atoms with Crippen molar-refractivity contribution in [1.82, 2.24) is 5.32 Å². The van der Waals surface area contributed by atoms with Gasteiger partial charge in [-0.15, -0.1) is 0 Å². The number of ether oxygens (including phenoxy) is 1. The molecule has 0 aromatic heterocycles. The molecule has 1 aliphatic rings. The molecule has 2 atom stereocenters. The first-order valence-corrected chi connectivity index (χ1v) is 6.22. The fourth-order valence-corrected chi connectivity index (χ4v) is 1.75. The molecule has 1 heterocycles. The van der Waals surface area contributed by atoms with Crippen LogP contribution in [-0.2, 0) is 16.1 Å². The molecule has 1 saturated heterocycles. The van der Waals surface area contributed by atoms with Crippen LogP contribution in [0.25, 0.3) is 0 Å². The molecule has 0 aliphatic carbocycles. The van der Waals surface area contributed by atoms with Gasteiger partial charge in [0.25, 0.3) is 0 Å². The smallest absolute Gasteiger partial charge is 0.136 e. The average Bonchev–Trinajstić information content (AvgIpc) is 2.88. The molecular weight excluding hydrogens is 214 g/mol. The van der Waals surface area contributed by atoms with Gasteiger partial charge in [-0.25, -0.2) is 0 Å². The van der Waals surface area contributed by atoms with Crippen molar-refractivity contribution >= 4 is 6.29 Å². The fraction of sp³-hybridized carbons (Fsp3) is 0.500. The Bertz CT molecular complexity index is 313. The normalized spacial score (nSPS) is 22.7. The monoisotopic (exact) mass is 235 g/mol. The highest BCUT2D eigenvalue weighted by atomic mass is 16.5. The van der Waals surface area contributed by atoms with E-state index in [9.17, 15) is 4.79 Å². The van der Waals surface area contributed by atoms with E-state index in [1.165, 1.54) is 5.56 Å². The lowest BCUT2D eigenvalue weighted by Gasteiger charge is -2.10. The van der Waals surface area contributed by atoms with Crippen molar-refractivity contribution in [2.45, 2.75) is 39.0 Å². The number of carbonyl (C=O) groups excluding carboxylic acids is 1. The second-order valence-corrected chi connectivity index (χ2v) is 3.81. The van der Waals surface area contributed by atoms with E-state index >= 15 is 0 Å². The van der Waals surface area contributed by atoms with E-state index in [4.69, 9.17) is 4.74 Å². The van der Waals surface area contributed by atoms with Crippen LogP contribution in [0.5, 0.6) is 0 Å². The maximum absolute atomic E-state index is 10.5. The summed E-state index contributed by atoms with van der Waals surface area (Å²) in [5.41, 5.74) is 1.17. The van der Waals surface area contributed by atoms with Crippen LogP contribution in [0, 0.1) is 0 Å². The molecular formula is C14H21NO2. The highest BCUT2D eigenvalue weighted by Gasteiger charge is 2.23. The topological polar surface area (TPSA) is 38.3 Å². The van der Waals surface area contributed by atoms with Gasteiger partial charge in [0.1, 0.15) is 6.29 Å². The number of rotatable bonds is 4. The molecule has 0 saturated carbocycles. The average molecular weight is 235 g/mol. The quantitative estimate of drug-likeness (QED) is 0.813. The van der Waals surface area contributed by atoms with Crippen molar-refractivity contribution in [2.75, 3.05) is 6.54 Å². The van der Waals surface area contributed by atoms with E-state index in [0.717, 1.165) is 19.3 Å². The molecule has 1 fully saturated rings. The predicted octanol–water partition coefficient (Wildman–Crippen LogP) is 2.16. The minimum Gasteiger partial charge on any atom is -0.372 e. The number of aldehydes is 1. The van der Waals surface area contributed by atoms with E-state index in [-0.39, 0.29) is 12.1 Å². The lowest BCUT2D eigenvalue weighted by Crippen LogP contribution is -2.22. The van der Waals surface area contributed by atoms with Crippen LogP contribution >= 0.6 is 0 Å². The summed E-state index contributed by atoms with van der Waals surface area (Å²) in [5, 5.41) is 3.10. The van der Waals surface area contributed by atoms with E-state index in [1.54, 1.807) is 0 Å². The van der Waals surface area contributed by atoms with Crippen LogP contribution in [0.15, 0.2) is 30.3 Å². The zero-order valence-corrected chi connectivity index (χ0v) is 10.6. The van der Waals surface area contributed by atoms with E-state index in [1.807, 2.05) is 44.2 Å². The SMILES string of the molecule is CC.O=C[C@@H]1C[C@H](OCc2ccccc2)CN1. The van der Waals surface area contributed by atoms with Crippen molar-refractivity contribution in [1.29, 1.82) is 0 Å². The maximum atomic E-state index is 10.5. The largest absolute Gasteiger partial charge is 0.372 e. The fourth-order valence-electron chi connectivity index (χ4n) is 1.75. The number of carbonyl (C=O) groups is 1. The summed E-state index contributed by atoms with van der Waals surface area (Å²) < 4.78 is 5.70. The third-order valence-corrected chi connectivity index (χ3v) is 2.62. The Morgan fingerprint density at radius 2 is 2.06 bits per heavy atom. The van der Waals surface area contributed by atoms with Gasteiger partial charge in [-0.1, -0.05) is 44.2 Å². The van der Waals surface area contributed by atoms with Crippen LogP contribution in [0.1, 0.15) is 25.8 Å². The highest BCUT2D eigenvalue weighted by Crippen LogP contribution is 2.11. The first-order valence-electron chi connectivity index (χ1n) is 6.22. The van der Waals surface area contributed by atoms with Gasteiger partial charge in [0.05, 0.1) is 18.8 Å². The molecule has 1 N–H and O–H groups in total. The summed E-state index contributed by atoms with van der Waals surface area (Å²) in [5.74, 6) is 0. The summed E-state index contributed by atoms with van der Waals surface area (Å²) >= 11 is 0. The summed E-state index contributed by atoms with van der Waals surface area (Å²) in [6.07, 6.45) is 1.91. The van der Waals surface area contributed by atoms with Crippen LogP contribution in [0.2, 0.25) is 0 Å². The summed E-state index contributed by atoms with van der Waals surface area (Å²) in [4.78, 5) is 10.5. The van der Waals surface area contributed by atoms with Gasteiger partial charge >= 0.3 is 0 Å². The molecule has 0 amide bonds. The molecule has 0 bridgehead atoms. The van der Waals surface area contributed by atoms with Crippen molar-refractivity contribution in [3.05, 3.63) is 35.9 Å². The Morgan fingerprint density at radius 1 is 1.35 bits per heavy atom. The second kappa shape index (κ2) is 7.98. The van der Waals surface area contributed by atoms with Crippen LogP contribution in [0.3, 0.4) is 0 Å². The van der Waals surface area contributed by atoms with Gasteiger partial charge in [0, 0.05) is 6.54 Å². The molecule has 1 aromatic rings. The Labute approximate surface area is 103 Å². The maximum Gasteiger partial charge on any atom is 0.136 e. The van der Waals surface area contributed by atoms with Crippen molar-refractivity contribution < 1.29 is 9.53 Å². The number of nitrogens with one attached hydrogen (secondary N) is 1. The summed E-state index contributed by atoms with van der Waals surface area (Å²) in [7, 11) is 0. The zero-order valence-electron chi connectivity index (χ0n) is 10.6. The first-order chi connectivity index (χ1) is 8.38. The van der Waals surface area contributed by atoms with Crippen LogP contribution in [-0.4, -0.2) is 25.0 Å². The molecule has 0 radical (unpaired) electrons. The van der Waals surface area contributed by atoms with E-state index in [2.05, 4.69) is 5.32 Å². The lowest BCUT2D eigenvalue weighted by atomic mass is 10.2. The predicted molar refractivity (Wildman–Crippen MR) is 68.8 cm³/mol. The Balaban J connectivity index is 0.000000686. The Morgan fingerprint density at radius 3 is 2.65 bits per heavy atom. The Hall–Kier alpha value is -1.19. The van der Waals surface area contributed by atoms with Crippen LogP contribution in [0.4, 0.5) is 0 Å². The number of hydrogen-bond acceptors (Lipinski definition) is 3. The second-order valence-electron chi connectivity index (χ2n) is 3.81. The standard InChI is InChI=1S/C12H15NO2.C2H6/c14-8-11-6-12(7-13-11)15-9-10-4-2-1-3-5-10;1-2/h1-5,8,11-13H,6-7,9H2;1-2H3/t11-,12-;/m0./s1. The van der Waals surface area contributed by atoms with Crippen molar-refractivity contribution in [3.8, 4) is 0 Å². The van der Waals surface area contributed by atoms with Gasteiger partial charge in [-0.05, 0) is 12.0 Å². The third-order valence-electron chi connectivity index (χ3n) is 2.62. The molecule has 3 heteroatoms. The van der Waals surface area contributed by atoms with Gasteiger partial charge in [0.15, 0.2) is 0 Å². The number of hydrogen-bond donors (Lipinski definition) is 1. The number of benzene rings is 1. The van der Waals surface area contributed by atoms with Crippen molar-refractivity contribution in [2.24, 2.45) is 0 Å². The summed E-state index contributed by atoms with van der Waals surface area (Å²) in [6, 6.07) is 10.0. The molecule has 1 aromatic carbocycles.